The number of amides is 2. The molecule has 2 heterocycles. The summed E-state index contributed by atoms with van der Waals surface area (Å²) in [4.78, 5) is 28.6. The van der Waals surface area contributed by atoms with Gasteiger partial charge in [-0.1, -0.05) is 0 Å². The molecular formula is C21H28FN5O5S. The minimum atomic E-state index is -1.31. The number of nitrogens with one attached hydrogen (secondary N) is 2. The van der Waals surface area contributed by atoms with Gasteiger partial charge >= 0.3 is 12.0 Å². The largest absolute Gasteiger partial charge is 0.497 e. The van der Waals surface area contributed by atoms with E-state index in [1.165, 1.54) is 19.2 Å². The highest BCUT2D eigenvalue weighted by Crippen LogP contribution is 2.31. The Hall–Kier alpha value is -2.96. The summed E-state index contributed by atoms with van der Waals surface area (Å²) >= 11 is 0.786. The van der Waals surface area contributed by atoms with E-state index in [0.717, 1.165) is 50.7 Å². The number of piperazine rings is 1. The number of carboxylic acid groups (broad SMARTS) is 1. The summed E-state index contributed by atoms with van der Waals surface area (Å²) in [6, 6.07) is 3.74. The molecule has 12 heteroatoms. The van der Waals surface area contributed by atoms with Crippen LogP contribution in [0.3, 0.4) is 0 Å². The van der Waals surface area contributed by atoms with Crippen molar-refractivity contribution in [1.29, 1.82) is 0 Å². The lowest BCUT2D eigenvalue weighted by atomic mass is 10.2. The van der Waals surface area contributed by atoms with Gasteiger partial charge in [0.1, 0.15) is 23.2 Å². The fourth-order valence-electron chi connectivity index (χ4n) is 3.29. The smallest absolute Gasteiger partial charge is 0.344 e. The van der Waals surface area contributed by atoms with Crippen LogP contribution in [0.4, 0.5) is 14.2 Å². The number of rotatable bonds is 10. The van der Waals surface area contributed by atoms with Crippen molar-refractivity contribution >= 4 is 28.5 Å². The highest BCUT2D eigenvalue weighted by molar-refractivity contribution is 7.11. The summed E-state index contributed by atoms with van der Waals surface area (Å²) in [5, 5.41) is 14.8. The SMILES string of the molecule is COc1ccc(COc2nsc(NC(=O)NCCCN3CCN(C)CC3)c2C(=O)O)c(F)c1. The Balaban J connectivity index is 1.50. The van der Waals surface area contributed by atoms with Crippen molar-refractivity contribution in [2.45, 2.75) is 13.0 Å². The van der Waals surface area contributed by atoms with Crippen LogP contribution in [0.2, 0.25) is 0 Å². The number of halogens is 1. The number of nitrogens with zero attached hydrogens (tertiary/aromatic N) is 3. The minimum absolute atomic E-state index is 0.0456. The molecule has 1 fully saturated rings. The van der Waals surface area contributed by atoms with Crippen LogP contribution >= 0.6 is 11.5 Å². The topological polar surface area (TPSA) is 116 Å². The number of likely N-dealkylation sites (N-methyl/N-ethyl adjacent to an activating group) is 1. The van der Waals surface area contributed by atoms with Crippen LogP contribution in [0.15, 0.2) is 18.2 Å². The summed E-state index contributed by atoms with van der Waals surface area (Å²) in [6.45, 7) is 5.20. The van der Waals surface area contributed by atoms with E-state index in [0.29, 0.717) is 12.3 Å². The number of carboxylic acids is 1. The molecule has 0 spiro atoms. The van der Waals surface area contributed by atoms with Crippen molar-refractivity contribution in [3.63, 3.8) is 0 Å². The maximum Gasteiger partial charge on any atom is 0.344 e. The average Bonchev–Trinajstić information content (AvgIpc) is 3.19. The number of aromatic nitrogens is 1. The monoisotopic (exact) mass is 481 g/mol. The third-order valence-electron chi connectivity index (χ3n) is 5.26. The van der Waals surface area contributed by atoms with Crippen molar-refractivity contribution in [1.82, 2.24) is 19.5 Å². The summed E-state index contributed by atoms with van der Waals surface area (Å²) in [5.41, 5.74) is -0.0609. The number of carbonyl (C=O) groups excluding carboxylic acids is 1. The predicted octanol–water partition coefficient (Wildman–Crippen LogP) is 2.33. The number of benzene rings is 1. The maximum atomic E-state index is 14.1. The van der Waals surface area contributed by atoms with Crippen molar-refractivity contribution in [2.75, 3.05) is 58.7 Å². The first-order valence-electron chi connectivity index (χ1n) is 10.5. The molecule has 33 heavy (non-hydrogen) atoms. The van der Waals surface area contributed by atoms with Crippen molar-refractivity contribution in [2.24, 2.45) is 0 Å². The van der Waals surface area contributed by atoms with Gasteiger partial charge in [0.15, 0.2) is 5.56 Å². The lowest BCUT2D eigenvalue weighted by Gasteiger charge is -2.32. The number of hydrogen-bond acceptors (Lipinski definition) is 8. The van der Waals surface area contributed by atoms with Crippen molar-refractivity contribution in [3.8, 4) is 11.6 Å². The number of methoxy groups -OCH3 is 1. The lowest BCUT2D eigenvalue weighted by molar-refractivity contribution is 0.0693. The lowest BCUT2D eigenvalue weighted by Crippen LogP contribution is -2.45. The molecule has 1 aromatic carbocycles. The van der Waals surface area contributed by atoms with Crippen LogP contribution in [-0.2, 0) is 6.61 Å². The van der Waals surface area contributed by atoms with Gasteiger partial charge in [0, 0.05) is 44.4 Å². The molecule has 0 bridgehead atoms. The number of aromatic carboxylic acids is 1. The molecule has 0 atom stereocenters. The number of ether oxygens (including phenoxy) is 2. The van der Waals surface area contributed by atoms with Crippen LogP contribution in [-0.4, -0.2) is 84.7 Å². The zero-order chi connectivity index (χ0) is 23.8. The first kappa shape index (κ1) is 24.7. The van der Waals surface area contributed by atoms with Gasteiger partial charge in [-0.3, -0.25) is 5.32 Å². The molecule has 0 saturated carbocycles. The molecular weight excluding hydrogens is 453 g/mol. The molecule has 2 aromatic rings. The second kappa shape index (κ2) is 11.8. The standard InChI is InChI=1S/C21H28FN5O5S/c1-26-8-10-27(11-9-26)7-3-6-23-21(30)24-19-17(20(28)29)18(25-33-19)32-13-14-4-5-15(31-2)12-16(14)22/h4-5,12H,3,6-11,13H2,1-2H3,(H,28,29)(H2,23,24,30). The molecule has 3 rings (SSSR count). The summed E-state index contributed by atoms with van der Waals surface area (Å²) in [5.74, 6) is -1.68. The Kier molecular flexibility index (Phi) is 8.80. The number of hydrogen-bond donors (Lipinski definition) is 3. The van der Waals surface area contributed by atoms with E-state index in [2.05, 4.69) is 31.9 Å². The molecule has 1 aromatic heterocycles. The van der Waals surface area contributed by atoms with Gasteiger partial charge < -0.3 is 29.7 Å². The van der Waals surface area contributed by atoms with E-state index in [-0.39, 0.29) is 28.6 Å². The number of anilines is 1. The molecule has 1 saturated heterocycles. The molecule has 0 unspecified atom stereocenters. The highest BCUT2D eigenvalue weighted by atomic mass is 32.1. The van der Waals surface area contributed by atoms with E-state index in [9.17, 15) is 19.1 Å². The summed E-state index contributed by atoms with van der Waals surface area (Å²) in [6.07, 6.45) is 0.785. The summed E-state index contributed by atoms with van der Waals surface area (Å²) in [7, 11) is 3.53. The first-order chi connectivity index (χ1) is 15.9. The zero-order valence-electron chi connectivity index (χ0n) is 18.6. The van der Waals surface area contributed by atoms with Gasteiger partial charge in [0.2, 0.25) is 5.88 Å². The minimum Gasteiger partial charge on any atom is -0.497 e. The van der Waals surface area contributed by atoms with E-state index in [1.807, 2.05) is 0 Å². The maximum absolute atomic E-state index is 14.1. The van der Waals surface area contributed by atoms with E-state index >= 15 is 0 Å². The normalized spacial score (nSPS) is 14.6. The highest BCUT2D eigenvalue weighted by Gasteiger charge is 2.24. The van der Waals surface area contributed by atoms with Crippen molar-refractivity contribution < 1.29 is 28.6 Å². The Bertz CT molecular complexity index is 965. The quantitative estimate of drug-likeness (QED) is 0.443. The molecule has 0 aliphatic carbocycles. The third-order valence-corrected chi connectivity index (χ3v) is 6.00. The Morgan fingerprint density at radius 3 is 2.70 bits per heavy atom. The Morgan fingerprint density at radius 1 is 1.27 bits per heavy atom. The molecule has 180 valence electrons. The summed E-state index contributed by atoms with van der Waals surface area (Å²) < 4.78 is 28.5. The van der Waals surface area contributed by atoms with Gasteiger partial charge in [0.05, 0.1) is 7.11 Å². The van der Waals surface area contributed by atoms with E-state index < -0.39 is 17.8 Å². The molecule has 3 N–H and O–H groups in total. The van der Waals surface area contributed by atoms with Crippen LogP contribution in [0, 0.1) is 5.82 Å². The predicted molar refractivity (Wildman–Crippen MR) is 122 cm³/mol. The average molecular weight is 482 g/mol. The molecule has 2 amide bonds. The van der Waals surface area contributed by atoms with Crippen LogP contribution in [0.5, 0.6) is 11.6 Å². The second-order valence-electron chi connectivity index (χ2n) is 7.62. The van der Waals surface area contributed by atoms with E-state index in [1.54, 1.807) is 6.07 Å². The fourth-order valence-corrected chi connectivity index (χ4v) is 4.01. The zero-order valence-corrected chi connectivity index (χ0v) is 19.4. The number of urea groups is 1. The van der Waals surface area contributed by atoms with Gasteiger partial charge in [-0.05, 0) is 43.7 Å². The van der Waals surface area contributed by atoms with Crippen molar-refractivity contribution in [3.05, 3.63) is 35.1 Å². The first-order valence-corrected chi connectivity index (χ1v) is 11.3. The Labute approximate surface area is 195 Å². The van der Waals surface area contributed by atoms with Gasteiger partial charge in [0.25, 0.3) is 0 Å². The van der Waals surface area contributed by atoms with Crippen LogP contribution in [0.25, 0.3) is 0 Å². The fraction of sp³-hybridized carbons (Fsp3) is 0.476. The van der Waals surface area contributed by atoms with Gasteiger partial charge in [-0.25, -0.2) is 14.0 Å². The van der Waals surface area contributed by atoms with Gasteiger partial charge in [-0.2, -0.15) is 4.37 Å². The number of carbonyl (C=O) groups is 2. The molecule has 0 radical (unpaired) electrons. The Morgan fingerprint density at radius 2 is 2.03 bits per heavy atom. The molecule has 10 nitrogen and oxygen atoms in total. The third kappa shape index (κ3) is 7.01. The molecule has 1 aliphatic rings. The van der Waals surface area contributed by atoms with Gasteiger partial charge in [-0.15, -0.1) is 0 Å². The second-order valence-corrected chi connectivity index (χ2v) is 8.40. The van der Waals surface area contributed by atoms with E-state index in [4.69, 9.17) is 9.47 Å². The van der Waals surface area contributed by atoms with Crippen LogP contribution in [0.1, 0.15) is 22.3 Å². The molecule has 1 aliphatic heterocycles. The van der Waals surface area contributed by atoms with Crippen LogP contribution < -0.4 is 20.1 Å².